The molecule has 0 spiro atoms. The Morgan fingerprint density at radius 2 is 2.11 bits per heavy atom. The van der Waals surface area contributed by atoms with Gasteiger partial charge in [-0.15, -0.1) is 0 Å². The van der Waals surface area contributed by atoms with Crippen molar-refractivity contribution in [3.05, 3.63) is 52.7 Å². The lowest BCUT2D eigenvalue weighted by Crippen LogP contribution is -1.99. The lowest BCUT2D eigenvalue weighted by Gasteiger charge is -1.99. The zero-order chi connectivity index (χ0) is 12.8. The van der Waals surface area contributed by atoms with Crippen molar-refractivity contribution in [1.82, 2.24) is 4.98 Å². The standard InChI is InChI=1S/C14H17ClN2O/c15-12-4-1-3-11(9-12)6-7-14-17-10-13(18-14)5-2-8-16/h1,3-4,9-10H,2,5-8,16H2. The van der Waals surface area contributed by atoms with Gasteiger partial charge in [0.25, 0.3) is 0 Å². The molecule has 0 unspecified atom stereocenters. The predicted molar refractivity (Wildman–Crippen MR) is 72.7 cm³/mol. The maximum absolute atomic E-state index is 5.94. The highest BCUT2D eigenvalue weighted by atomic mass is 35.5. The van der Waals surface area contributed by atoms with Gasteiger partial charge in [-0.05, 0) is 37.1 Å². The molecule has 18 heavy (non-hydrogen) atoms. The van der Waals surface area contributed by atoms with E-state index >= 15 is 0 Å². The van der Waals surface area contributed by atoms with Crippen LogP contribution >= 0.6 is 11.6 Å². The summed E-state index contributed by atoms with van der Waals surface area (Å²) in [7, 11) is 0. The van der Waals surface area contributed by atoms with Gasteiger partial charge in [0.2, 0.25) is 0 Å². The Hall–Kier alpha value is -1.32. The first-order chi connectivity index (χ1) is 8.78. The number of oxazole rings is 1. The zero-order valence-corrected chi connectivity index (χ0v) is 11.0. The molecule has 0 aliphatic heterocycles. The van der Waals surface area contributed by atoms with Gasteiger partial charge < -0.3 is 10.2 Å². The van der Waals surface area contributed by atoms with Gasteiger partial charge in [-0.25, -0.2) is 4.98 Å². The van der Waals surface area contributed by atoms with Crippen LogP contribution in [0.3, 0.4) is 0 Å². The molecule has 4 heteroatoms. The van der Waals surface area contributed by atoms with E-state index in [1.165, 1.54) is 5.56 Å². The van der Waals surface area contributed by atoms with E-state index in [1.807, 2.05) is 18.2 Å². The molecule has 1 heterocycles. The fourth-order valence-corrected chi connectivity index (χ4v) is 2.01. The second-order valence-corrected chi connectivity index (χ2v) is 4.68. The number of nitrogens with zero attached hydrogens (tertiary/aromatic N) is 1. The molecule has 2 aromatic rings. The Morgan fingerprint density at radius 1 is 1.22 bits per heavy atom. The van der Waals surface area contributed by atoms with Crippen molar-refractivity contribution in [1.29, 1.82) is 0 Å². The number of benzene rings is 1. The molecule has 0 radical (unpaired) electrons. The lowest BCUT2D eigenvalue weighted by atomic mass is 10.1. The number of aryl methyl sites for hydroxylation is 3. The first-order valence-corrected chi connectivity index (χ1v) is 6.54. The largest absolute Gasteiger partial charge is 0.446 e. The van der Waals surface area contributed by atoms with Gasteiger partial charge in [-0.3, -0.25) is 0 Å². The van der Waals surface area contributed by atoms with Crippen LogP contribution in [0.25, 0.3) is 0 Å². The van der Waals surface area contributed by atoms with Crippen LogP contribution in [0.2, 0.25) is 5.02 Å². The number of rotatable bonds is 6. The van der Waals surface area contributed by atoms with Crippen molar-refractivity contribution in [2.24, 2.45) is 5.73 Å². The monoisotopic (exact) mass is 264 g/mol. The van der Waals surface area contributed by atoms with Gasteiger partial charge in [0.05, 0.1) is 6.20 Å². The molecule has 2 rings (SSSR count). The third-order valence-corrected chi connectivity index (χ3v) is 2.98. The minimum atomic E-state index is 0.679. The molecule has 0 aliphatic carbocycles. The molecule has 0 saturated heterocycles. The number of nitrogens with two attached hydrogens (primary N) is 1. The van der Waals surface area contributed by atoms with E-state index in [2.05, 4.69) is 11.1 Å². The van der Waals surface area contributed by atoms with Gasteiger partial charge in [0.15, 0.2) is 5.89 Å². The van der Waals surface area contributed by atoms with Crippen LogP contribution in [0, 0.1) is 0 Å². The summed E-state index contributed by atoms with van der Waals surface area (Å²) in [5.41, 5.74) is 6.66. The third kappa shape index (κ3) is 3.86. The first kappa shape index (κ1) is 13.1. The lowest BCUT2D eigenvalue weighted by molar-refractivity contribution is 0.450. The minimum Gasteiger partial charge on any atom is -0.446 e. The summed E-state index contributed by atoms with van der Waals surface area (Å²) in [6.45, 7) is 0.679. The fraction of sp³-hybridized carbons (Fsp3) is 0.357. The normalized spacial score (nSPS) is 10.8. The van der Waals surface area contributed by atoms with Crippen LogP contribution in [0.15, 0.2) is 34.9 Å². The molecule has 0 fully saturated rings. The Bertz CT molecular complexity index is 496. The van der Waals surface area contributed by atoms with Crippen molar-refractivity contribution >= 4 is 11.6 Å². The number of hydrogen-bond donors (Lipinski definition) is 1. The summed E-state index contributed by atoms with van der Waals surface area (Å²) in [5.74, 6) is 1.70. The fourth-order valence-electron chi connectivity index (χ4n) is 1.80. The Morgan fingerprint density at radius 3 is 2.89 bits per heavy atom. The summed E-state index contributed by atoms with van der Waals surface area (Å²) in [4.78, 5) is 4.27. The summed E-state index contributed by atoms with van der Waals surface area (Å²) in [5, 5.41) is 0.767. The molecule has 0 aliphatic rings. The molecule has 96 valence electrons. The Kier molecular flexibility index (Phi) is 4.79. The van der Waals surface area contributed by atoms with Gasteiger partial charge in [-0.1, -0.05) is 23.7 Å². The summed E-state index contributed by atoms with van der Waals surface area (Å²) in [6.07, 6.45) is 5.27. The highest BCUT2D eigenvalue weighted by Crippen LogP contribution is 2.14. The topological polar surface area (TPSA) is 52.0 Å². The highest BCUT2D eigenvalue weighted by molar-refractivity contribution is 6.30. The zero-order valence-electron chi connectivity index (χ0n) is 10.2. The molecule has 0 atom stereocenters. The van der Waals surface area contributed by atoms with Crippen molar-refractivity contribution in [3.8, 4) is 0 Å². The van der Waals surface area contributed by atoms with Gasteiger partial charge in [0.1, 0.15) is 5.76 Å². The number of aromatic nitrogens is 1. The molecular weight excluding hydrogens is 248 g/mol. The minimum absolute atomic E-state index is 0.679. The third-order valence-electron chi connectivity index (χ3n) is 2.75. The number of halogens is 1. The summed E-state index contributed by atoms with van der Waals surface area (Å²) in [6, 6.07) is 7.87. The van der Waals surface area contributed by atoms with E-state index < -0.39 is 0 Å². The van der Waals surface area contributed by atoms with Crippen molar-refractivity contribution in [3.63, 3.8) is 0 Å². The second kappa shape index (κ2) is 6.57. The maximum atomic E-state index is 5.94. The molecule has 2 N–H and O–H groups in total. The smallest absolute Gasteiger partial charge is 0.194 e. The van der Waals surface area contributed by atoms with Crippen molar-refractivity contribution < 1.29 is 4.42 Å². The van der Waals surface area contributed by atoms with Crippen LogP contribution in [0.4, 0.5) is 0 Å². The molecule has 0 saturated carbocycles. The molecular formula is C14H17ClN2O. The highest BCUT2D eigenvalue weighted by Gasteiger charge is 2.04. The Balaban J connectivity index is 1.88. The Labute approximate surface area is 112 Å². The van der Waals surface area contributed by atoms with Crippen LogP contribution in [0.1, 0.15) is 23.6 Å². The molecule has 1 aromatic heterocycles. The van der Waals surface area contributed by atoms with Gasteiger partial charge in [-0.2, -0.15) is 0 Å². The average Bonchev–Trinajstić information content (AvgIpc) is 2.82. The van der Waals surface area contributed by atoms with E-state index in [0.717, 1.165) is 42.4 Å². The van der Waals surface area contributed by atoms with Crippen molar-refractivity contribution in [2.75, 3.05) is 6.54 Å². The molecule has 0 amide bonds. The van der Waals surface area contributed by atoms with Crippen LogP contribution in [-0.2, 0) is 19.3 Å². The van der Waals surface area contributed by atoms with Crippen LogP contribution in [-0.4, -0.2) is 11.5 Å². The average molecular weight is 265 g/mol. The molecule has 1 aromatic carbocycles. The van der Waals surface area contributed by atoms with Crippen LogP contribution in [0.5, 0.6) is 0 Å². The quantitative estimate of drug-likeness (QED) is 0.873. The van der Waals surface area contributed by atoms with E-state index in [4.69, 9.17) is 21.8 Å². The van der Waals surface area contributed by atoms with Crippen LogP contribution < -0.4 is 5.73 Å². The molecule has 3 nitrogen and oxygen atoms in total. The SMILES string of the molecule is NCCCc1cnc(CCc2cccc(Cl)c2)o1. The summed E-state index contributed by atoms with van der Waals surface area (Å²) < 4.78 is 5.64. The van der Waals surface area contributed by atoms with E-state index in [1.54, 1.807) is 6.20 Å². The van der Waals surface area contributed by atoms with Gasteiger partial charge >= 0.3 is 0 Å². The maximum Gasteiger partial charge on any atom is 0.194 e. The van der Waals surface area contributed by atoms with Crippen molar-refractivity contribution in [2.45, 2.75) is 25.7 Å². The summed E-state index contributed by atoms with van der Waals surface area (Å²) >= 11 is 5.94. The van der Waals surface area contributed by atoms with E-state index in [0.29, 0.717) is 6.54 Å². The predicted octanol–water partition coefficient (Wildman–Crippen LogP) is 3.00. The van der Waals surface area contributed by atoms with E-state index in [9.17, 15) is 0 Å². The second-order valence-electron chi connectivity index (χ2n) is 4.24. The number of hydrogen-bond acceptors (Lipinski definition) is 3. The van der Waals surface area contributed by atoms with Gasteiger partial charge in [0, 0.05) is 17.9 Å². The van der Waals surface area contributed by atoms with E-state index in [-0.39, 0.29) is 0 Å². The molecule has 0 bridgehead atoms. The first-order valence-electron chi connectivity index (χ1n) is 6.16.